The summed E-state index contributed by atoms with van der Waals surface area (Å²) in [6, 6.07) is 11.4. The minimum atomic E-state index is 0. The fraction of sp³-hybridized carbons (Fsp3) is 0.348. The van der Waals surface area contributed by atoms with E-state index in [1.165, 1.54) is 51.1 Å². The lowest BCUT2D eigenvalue weighted by Gasteiger charge is -2.24. The van der Waals surface area contributed by atoms with Crippen LogP contribution < -0.4 is 9.88 Å². The molecule has 5 heteroatoms. The van der Waals surface area contributed by atoms with Crippen LogP contribution in [0.5, 0.6) is 0 Å². The smallest absolute Gasteiger partial charge is 0.0942 e. The quantitative estimate of drug-likeness (QED) is 0.709. The molecule has 1 unspecified atom stereocenters. The van der Waals surface area contributed by atoms with Crippen molar-refractivity contribution in [1.82, 2.24) is 9.88 Å². The number of likely N-dealkylation sites (tertiary alicyclic amines) is 1. The van der Waals surface area contributed by atoms with Crippen molar-refractivity contribution in [2.45, 2.75) is 32.2 Å². The van der Waals surface area contributed by atoms with Crippen molar-refractivity contribution in [3.8, 4) is 0 Å². The van der Waals surface area contributed by atoms with Gasteiger partial charge in [0, 0.05) is 19.0 Å². The van der Waals surface area contributed by atoms with Gasteiger partial charge in [0.2, 0.25) is 0 Å². The van der Waals surface area contributed by atoms with E-state index in [2.05, 4.69) is 66.5 Å². The molecule has 0 N–H and O–H groups in total. The molecule has 28 heavy (non-hydrogen) atoms. The van der Waals surface area contributed by atoms with Crippen molar-refractivity contribution < 1.29 is 0 Å². The highest BCUT2D eigenvalue weighted by Gasteiger charge is 2.28. The topological polar surface area (TPSA) is 16.1 Å². The Labute approximate surface area is 183 Å². The average molecular weight is 433 g/mol. The van der Waals surface area contributed by atoms with Crippen LogP contribution in [0.15, 0.2) is 54.1 Å². The van der Waals surface area contributed by atoms with E-state index in [1.807, 2.05) is 11.3 Å². The molecule has 1 saturated heterocycles. The van der Waals surface area contributed by atoms with Crippen LogP contribution in [0.3, 0.4) is 0 Å². The minimum absolute atomic E-state index is 0. The molecule has 0 spiro atoms. The van der Waals surface area contributed by atoms with Gasteiger partial charge in [0.15, 0.2) is 0 Å². The van der Waals surface area contributed by atoms with E-state index in [-0.39, 0.29) is 24.8 Å². The van der Waals surface area contributed by atoms with E-state index < -0.39 is 0 Å². The molecule has 5 rings (SSSR count). The summed E-state index contributed by atoms with van der Waals surface area (Å²) < 4.78 is 1.37. The van der Waals surface area contributed by atoms with Gasteiger partial charge in [-0.2, -0.15) is 0 Å². The Balaban J connectivity index is 0.00000112. The first-order valence-corrected chi connectivity index (χ1v) is 10.5. The second-order valence-electron chi connectivity index (χ2n) is 7.64. The van der Waals surface area contributed by atoms with Crippen LogP contribution in [-0.4, -0.2) is 23.0 Å². The van der Waals surface area contributed by atoms with E-state index >= 15 is 0 Å². The van der Waals surface area contributed by atoms with Crippen LogP contribution in [0, 0.1) is 5.92 Å². The van der Waals surface area contributed by atoms with Crippen LogP contribution in [-0.2, 0) is 6.42 Å². The number of thiazole rings is 1. The maximum Gasteiger partial charge on any atom is 0.0942 e. The highest BCUT2D eigenvalue weighted by atomic mass is 35.5. The fourth-order valence-electron chi connectivity index (χ4n) is 4.44. The van der Waals surface area contributed by atoms with Gasteiger partial charge in [0.1, 0.15) is 0 Å². The van der Waals surface area contributed by atoms with Gasteiger partial charge >= 0.3 is 0 Å². The van der Waals surface area contributed by atoms with Crippen LogP contribution in [0.4, 0.5) is 0 Å². The Morgan fingerprint density at radius 3 is 2.86 bits per heavy atom. The summed E-state index contributed by atoms with van der Waals surface area (Å²) in [5.41, 5.74) is 4.23. The van der Waals surface area contributed by atoms with E-state index in [0.717, 1.165) is 18.8 Å². The highest BCUT2D eigenvalue weighted by Crippen LogP contribution is 2.29. The van der Waals surface area contributed by atoms with Gasteiger partial charge in [-0.3, -0.25) is 4.90 Å². The molecular weight excluding hydrogens is 407 g/mol. The summed E-state index contributed by atoms with van der Waals surface area (Å²) in [4.78, 5) is 7.66. The van der Waals surface area contributed by atoms with Crippen LogP contribution in [0.1, 0.15) is 36.4 Å². The number of hydrogen-bond acceptors (Lipinski definition) is 3. The van der Waals surface area contributed by atoms with Gasteiger partial charge in [-0.25, -0.2) is 4.98 Å². The van der Waals surface area contributed by atoms with Crippen molar-refractivity contribution in [3.63, 3.8) is 0 Å². The van der Waals surface area contributed by atoms with Crippen LogP contribution in [0.2, 0.25) is 0 Å². The Morgan fingerprint density at radius 2 is 2.04 bits per heavy atom. The van der Waals surface area contributed by atoms with Gasteiger partial charge in [-0.15, -0.1) is 36.2 Å². The lowest BCUT2D eigenvalue weighted by Crippen LogP contribution is -2.24. The Morgan fingerprint density at radius 1 is 1.21 bits per heavy atom. The van der Waals surface area contributed by atoms with Gasteiger partial charge in [-0.1, -0.05) is 48.6 Å². The van der Waals surface area contributed by atoms with Crippen molar-refractivity contribution in [3.05, 3.63) is 74.6 Å². The van der Waals surface area contributed by atoms with Gasteiger partial charge < -0.3 is 0 Å². The number of allylic oxidation sites excluding steroid dienone is 4. The first-order chi connectivity index (χ1) is 12.8. The van der Waals surface area contributed by atoms with Crippen LogP contribution in [0.25, 0.3) is 11.6 Å². The standard InChI is InChI=1S/C23H24N2S.2ClH/c1-16(18-7-3-2-4-8-18)25-12-11-17(15-25)13-22-24-23-20-10-6-5-9-19(20)14-21(23)26-22;;/h2-9,14,16-17H,10-13,15H2,1H3;2*1H/t16-,17?;;/m1../s1. The Bertz CT molecular complexity index is 1010. The molecule has 2 atom stereocenters. The summed E-state index contributed by atoms with van der Waals surface area (Å²) >= 11 is 1.91. The molecular formula is C23H26Cl2N2S. The molecule has 148 valence electrons. The third kappa shape index (κ3) is 3.99. The van der Waals surface area contributed by atoms with Crippen molar-refractivity contribution >= 4 is 47.8 Å². The highest BCUT2D eigenvalue weighted by molar-refractivity contribution is 7.09. The molecule has 2 nitrogen and oxygen atoms in total. The first-order valence-electron chi connectivity index (χ1n) is 9.65. The Hall–Kier alpha value is -1.39. The number of benzene rings is 1. The number of hydrogen-bond donors (Lipinski definition) is 0. The van der Waals surface area contributed by atoms with Crippen molar-refractivity contribution in [1.29, 1.82) is 0 Å². The van der Waals surface area contributed by atoms with Crippen molar-refractivity contribution in [2.24, 2.45) is 5.92 Å². The Kier molecular flexibility index (Phi) is 6.82. The second kappa shape index (κ2) is 8.96. The monoisotopic (exact) mass is 432 g/mol. The summed E-state index contributed by atoms with van der Waals surface area (Å²) in [7, 11) is 0. The van der Waals surface area contributed by atoms with Gasteiger partial charge in [0.05, 0.1) is 14.9 Å². The molecule has 1 aromatic heterocycles. The molecule has 0 radical (unpaired) electrons. The first kappa shape index (κ1) is 21.3. The van der Waals surface area contributed by atoms with E-state index in [9.17, 15) is 0 Å². The average Bonchev–Trinajstić information content (AvgIpc) is 3.37. The predicted molar refractivity (Wildman–Crippen MR) is 124 cm³/mol. The lowest BCUT2D eigenvalue weighted by molar-refractivity contribution is 0.252. The summed E-state index contributed by atoms with van der Waals surface area (Å²) in [6.45, 7) is 4.73. The maximum absolute atomic E-state index is 5.02. The summed E-state index contributed by atoms with van der Waals surface area (Å²) in [5, 5.41) is 2.58. The molecule has 0 saturated carbocycles. The molecule has 1 aliphatic heterocycles. The molecule has 0 bridgehead atoms. The normalized spacial score (nSPS) is 21.1. The number of aromatic nitrogens is 1. The molecule has 2 aromatic rings. The molecule has 1 aromatic carbocycles. The zero-order chi connectivity index (χ0) is 17.5. The molecule has 3 aliphatic rings. The molecule has 2 aliphatic carbocycles. The molecule has 1 fully saturated rings. The molecule has 2 heterocycles. The van der Waals surface area contributed by atoms with Crippen LogP contribution >= 0.6 is 36.2 Å². The fourth-order valence-corrected chi connectivity index (χ4v) is 5.60. The number of halogens is 2. The number of rotatable bonds is 4. The van der Waals surface area contributed by atoms with Crippen molar-refractivity contribution in [2.75, 3.05) is 13.1 Å². The largest absolute Gasteiger partial charge is 0.296 e. The third-order valence-electron chi connectivity index (χ3n) is 5.96. The lowest BCUT2D eigenvalue weighted by atomic mass is 10.0. The zero-order valence-corrected chi connectivity index (χ0v) is 18.5. The zero-order valence-electron chi connectivity index (χ0n) is 16.0. The summed E-state index contributed by atoms with van der Waals surface area (Å²) in [6.07, 6.45) is 12.4. The minimum Gasteiger partial charge on any atom is -0.296 e. The number of fused-ring (bicyclic) bond motifs is 2. The number of nitrogens with zero attached hydrogens (tertiary/aromatic N) is 2. The van der Waals surface area contributed by atoms with E-state index in [0.29, 0.717) is 6.04 Å². The van der Waals surface area contributed by atoms with E-state index in [1.54, 1.807) is 0 Å². The maximum atomic E-state index is 5.02. The SMILES string of the molecule is C[C@H](c1ccccc1)N1CCC(Cc2nc3c(s2)=CC2=CC=CCC=32)C1.Cl.Cl. The van der Waals surface area contributed by atoms with Gasteiger partial charge in [0.25, 0.3) is 0 Å². The molecule has 0 amide bonds. The van der Waals surface area contributed by atoms with Gasteiger partial charge in [-0.05, 0) is 55.0 Å². The summed E-state index contributed by atoms with van der Waals surface area (Å²) in [5.74, 6) is 0.735. The van der Waals surface area contributed by atoms with E-state index in [4.69, 9.17) is 4.98 Å². The third-order valence-corrected chi connectivity index (χ3v) is 6.99. The predicted octanol–water partition coefficient (Wildman–Crippen LogP) is 4.44. The second-order valence-corrected chi connectivity index (χ2v) is 8.75.